The number of carbonyl (C=O) groups is 1. The maximum absolute atomic E-state index is 14.5. The first-order valence-electron chi connectivity index (χ1n) is 20.6. The van der Waals surface area contributed by atoms with Crippen LogP contribution in [0, 0.1) is 0 Å². The fraction of sp³-hybridized carbons (Fsp3) is 0.442. The monoisotopic (exact) mass is 964 g/mol. The second kappa shape index (κ2) is 20.8. The fourth-order valence-electron chi connectivity index (χ4n) is 7.59. The molecular formula is C43H48O25. The Morgan fingerprint density at radius 2 is 1.26 bits per heavy atom. The number of ether oxygens (including phenoxy) is 8. The molecule has 7 rings (SSSR count). The molecule has 3 aliphatic rings. The van der Waals surface area contributed by atoms with Crippen LogP contribution in [-0.4, -0.2) is 197 Å². The molecule has 25 heteroatoms. The topological polar surface area (TPSA) is 404 Å². The minimum absolute atomic E-state index is 0.0837. The molecule has 0 bridgehead atoms. The van der Waals surface area contributed by atoms with E-state index in [4.69, 9.17) is 42.3 Å². The van der Waals surface area contributed by atoms with E-state index in [1.807, 2.05) is 0 Å². The van der Waals surface area contributed by atoms with Crippen LogP contribution in [0.25, 0.3) is 28.4 Å². The SMILES string of the molecule is COc1cc(C=CC(=O)O[C@@H]2[C@@H](O)[C@H](O[C@H]3[C@H](Oc4c(-c5ccc(O)c(O)c5)oc5cc(O[C@@H]6O[C@H](CO)[C@@H](O)[C@H](O)[C@H]6O)cc(O)c5c4=O)O[C@H](CO)[C@@H](O)[C@@H]3O)O[C@H](CO)[C@H]2O)ccc1O. The van der Waals surface area contributed by atoms with Gasteiger partial charge in [0.15, 0.2) is 47.3 Å². The van der Waals surface area contributed by atoms with Gasteiger partial charge in [0, 0.05) is 23.8 Å². The largest absolute Gasteiger partial charge is 0.507 e. The van der Waals surface area contributed by atoms with Crippen LogP contribution in [0.5, 0.6) is 40.2 Å². The average Bonchev–Trinajstić information content (AvgIpc) is 3.32. The number of hydrogen-bond acceptors (Lipinski definition) is 25. The van der Waals surface area contributed by atoms with Crippen LogP contribution in [-0.2, 0) is 28.5 Å². The lowest BCUT2D eigenvalue weighted by atomic mass is 9.97. The van der Waals surface area contributed by atoms with E-state index in [2.05, 4.69) is 0 Å². The first-order valence-corrected chi connectivity index (χ1v) is 20.6. The van der Waals surface area contributed by atoms with Crippen LogP contribution >= 0.6 is 0 Å². The normalized spacial score (nSPS) is 32.0. The molecule has 14 N–H and O–H groups in total. The van der Waals surface area contributed by atoms with Gasteiger partial charge >= 0.3 is 5.97 Å². The number of esters is 1. The van der Waals surface area contributed by atoms with Crippen LogP contribution in [0.15, 0.2) is 63.8 Å². The number of aromatic hydroxyl groups is 4. The molecular weight excluding hydrogens is 916 g/mol. The Hall–Kier alpha value is -5.88. The van der Waals surface area contributed by atoms with Crippen molar-refractivity contribution in [2.75, 3.05) is 26.9 Å². The Kier molecular flexibility index (Phi) is 15.3. The molecule has 15 atom stereocenters. The Bertz CT molecular complexity index is 2510. The summed E-state index contributed by atoms with van der Waals surface area (Å²) in [6, 6.07) is 9.07. The molecule has 0 saturated carbocycles. The van der Waals surface area contributed by atoms with Crippen molar-refractivity contribution in [3.05, 3.63) is 70.4 Å². The lowest BCUT2D eigenvalue weighted by molar-refractivity contribution is -0.358. The highest BCUT2D eigenvalue weighted by molar-refractivity contribution is 5.89. The van der Waals surface area contributed by atoms with Gasteiger partial charge in [-0.05, 0) is 42.0 Å². The van der Waals surface area contributed by atoms with E-state index in [0.717, 1.165) is 36.4 Å². The lowest BCUT2D eigenvalue weighted by Gasteiger charge is -2.46. The molecule has 25 nitrogen and oxygen atoms in total. The van der Waals surface area contributed by atoms with Gasteiger partial charge in [0.25, 0.3) is 0 Å². The highest BCUT2D eigenvalue weighted by Crippen LogP contribution is 2.41. The number of carbonyl (C=O) groups excluding carboxylic acids is 1. The van der Waals surface area contributed by atoms with Gasteiger partial charge in [-0.2, -0.15) is 0 Å². The Labute approximate surface area is 382 Å². The van der Waals surface area contributed by atoms with Crippen LogP contribution in [0.1, 0.15) is 5.56 Å². The quantitative estimate of drug-likeness (QED) is 0.0335. The van der Waals surface area contributed by atoms with Crippen LogP contribution in [0.2, 0.25) is 0 Å². The fourth-order valence-corrected chi connectivity index (χ4v) is 7.59. The van der Waals surface area contributed by atoms with Gasteiger partial charge in [-0.1, -0.05) is 6.07 Å². The van der Waals surface area contributed by atoms with Crippen molar-refractivity contribution in [3.63, 3.8) is 0 Å². The number of aliphatic hydroxyl groups excluding tert-OH is 10. The first kappa shape index (κ1) is 50.0. The summed E-state index contributed by atoms with van der Waals surface area (Å²) in [4.78, 5) is 27.5. The maximum atomic E-state index is 14.5. The summed E-state index contributed by atoms with van der Waals surface area (Å²) in [6.45, 7) is -2.73. The van der Waals surface area contributed by atoms with Crippen molar-refractivity contribution >= 4 is 23.0 Å². The van der Waals surface area contributed by atoms with Gasteiger partial charge in [-0.15, -0.1) is 0 Å². The molecule has 0 unspecified atom stereocenters. The van der Waals surface area contributed by atoms with E-state index in [0.29, 0.717) is 5.56 Å². The summed E-state index contributed by atoms with van der Waals surface area (Å²) in [5, 5.41) is 146. The Morgan fingerprint density at radius 1 is 0.632 bits per heavy atom. The van der Waals surface area contributed by atoms with Crippen LogP contribution in [0.4, 0.5) is 0 Å². The summed E-state index contributed by atoms with van der Waals surface area (Å²) in [5.41, 5.74) is -1.52. The van der Waals surface area contributed by atoms with Crippen molar-refractivity contribution in [1.82, 2.24) is 0 Å². The van der Waals surface area contributed by atoms with Gasteiger partial charge in [0.1, 0.15) is 83.5 Å². The number of phenols is 4. The number of rotatable bonds is 14. The highest BCUT2D eigenvalue weighted by atomic mass is 16.8. The zero-order valence-corrected chi connectivity index (χ0v) is 35.3. The predicted molar refractivity (Wildman–Crippen MR) is 222 cm³/mol. The number of methoxy groups -OCH3 is 1. The Balaban J connectivity index is 1.23. The predicted octanol–water partition coefficient (Wildman–Crippen LogP) is -3.26. The zero-order valence-electron chi connectivity index (χ0n) is 35.3. The second-order valence-electron chi connectivity index (χ2n) is 15.7. The number of aliphatic hydroxyl groups is 10. The molecule has 0 spiro atoms. The molecule has 4 heterocycles. The molecule has 370 valence electrons. The molecule has 0 radical (unpaired) electrons. The standard InChI is InChI=1S/C43H48O25/c1-60-22-8-15(2-5-19(22)48)3-7-27(51)66-38-31(54)26(14-46)64-42(36(38)59)68-40-34(57)30(53)25(13-45)65-43(40)67-39-32(55)28-21(50)10-17(61-41-35(58)33(56)29(52)24(12-44)63-41)11-23(28)62-37(39)16-4-6-18(47)20(49)9-16/h2-11,24-26,29-31,33-36,38,40-50,52-54,56-59H,12-14H2,1H3/t24-,25-,26-,29-,30-,31-,33+,34+,35-,36-,38+,40-,41-,42+,43+/m1/s1. The van der Waals surface area contributed by atoms with Crippen LogP contribution in [0.3, 0.4) is 0 Å². The van der Waals surface area contributed by atoms with E-state index in [1.54, 1.807) is 0 Å². The third-order valence-electron chi connectivity index (χ3n) is 11.3. The van der Waals surface area contributed by atoms with Crippen molar-refractivity contribution in [2.45, 2.75) is 92.1 Å². The average molecular weight is 965 g/mol. The van der Waals surface area contributed by atoms with E-state index >= 15 is 0 Å². The van der Waals surface area contributed by atoms with Gasteiger partial charge < -0.3 is 114 Å². The molecule has 1 aromatic heterocycles. The number of benzene rings is 3. The third kappa shape index (κ3) is 9.98. The molecule has 3 fully saturated rings. The maximum Gasteiger partial charge on any atom is 0.331 e. The molecule has 3 aliphatic heterocycles. The van der Waals surface area contributed by atoms with Crippen molar-refractivity contribution in [2.24, 2.45) is 0 Å². The van der Waals surface area contributed by atoms with Gasteiger partial charge in [0.2, 0.25) is 23.8 Å². The number of fused-ring (bicyclic) bond motifs is 1. The van der Waals surface area contributed by atoms with Crippen molar-refractivity contribution in [3.8, 4) is 51.6 Å². The van der Waals surface area contributed by atoms with Crippen molar-refractivity contribution in [1.29, 1.82) is 0 Å². The Morgan fingerprint density at radius 3 is 1.93 bits per heavy atom. The minimum atomic E-state index is -2.14. The van der Waals surface area contributed by atoms with Gasteiger partial charge in [-0.25, -0.2) is 4.79 Å². The van der Waals surface area contributed by atoms with Crippen molar-refractivity contribution < 1.29 is 119 Å². The minimum Gasteiger partial charge on any atom is -0.507 e. The molecule has 3 aromatic carbocycles. The van der Waals surface area contributed by atoms with E-state index < -0.39 is 163 Å². The summed E-state index contributed by atoms with van der Waals surface area (Å²) >= 11 is 0. The molecule has 3 saturated heterocycles. The van der Waals surface area contributed by atoms with Gasteiger partial charge in [-0.3, -0.25) is 4.79 Å². The molecule has 68 heavy (non-hydrogen) atoms. The zero-order chi connectivity index (χ0) is 49.3. The van der Waals surface area contributed by atoms with Gasteiger partial charge in [0.05, 0.1) is 26.9 Å². The van der Waals surface area contributed by atoms with E-state index in [-0.39, 0.29) is 22.8 Å². The smallest absolute Gasteiger partial charge is 0.331 e. The first-order chi connectivity index (χ1) is 32.4. The molecule has 0 amide bonds. The summed E-state index contributed by atoms with van der Waals surface area (Å²) in [5.74, 6) is -5.28. The molecule has 0 aliphatic carbocycles. The number of hydrogen-bond donors (Lipinski definition) is 14. The molecule has 4 aromatic rings. The van der Waals surface area contributed by atoms with E-state index in [9.17, 15) is 81.1 Å². The lowest BCUT2D eigenvalue weighted by Crippen LogP contribution is -2.65. The third-order valence-corrected chi connectivity index (χ3v) is 11.3. The highest BCUT2D eigenvalue weighted by Gasteiger charge is 2.53. The summed E-state index contributed by atoms with van der Waals surface area (Å²) in [6.07, 6.45) is -26.1. The van der Waals surface area contributed by atoms with Crippen LogP contribution < -0.4 is 19.6 Å². The summed E-state index contributed by atoms with van der Waals surface area (Å²) < 4.78 is 50.6. The van der Waals surface area contributed by atoms with E-state index in [1.165, 1.54) is 31.4 Å². The number of phenolic OH excluding ortho intramolecular Hbond substituents is 4. The second-order valence-corrected chi connectivity index (χ2v) is 15.7. The summed E-state index contributed by atoms with van der Waals surface area (Å²) in [7, 11) is 1.31.